The van der Waals surface area contributed by atoms with Gasteiger partial charge < -0.3 is 21.3 Å². The fraction of sp³-hybridized carbons (Fsp3) is 0.875. The lowest BCUT2D eigenvalue weighted by molar-refractivity contribution is -0.131. The number of carbonyl (C=O) groups is 2. The van der Waals surface area contributed by atoms with E-state index in [1.165, 1.54) is 0 Å². The van der Waals surface area contributed by atoms with Gasteiger partial charge in [0.2, 0.25) is 5.91 Å². The Morgan fingerprint density at radius 3 is 2.75 bits per heavy atom. The van der Waals surface area contributed by atoms with Crippen molar-refractivity contribution in [2.24, 2.45) is 11.1 Å². The highest BCUT2D eigenvalue weighted by molar-refractivity contribution is 8.00. The average molecular weight is 379 g/mol. The van der Waals surface area contributed by atoms with Gasteiger partial charge in [0, 0.05) is 31.0 Å². The van der Waals surface area contributed by atoms with E-state index in [1.54, 1.807) is 4.90 Å². The van der Waals surface area contributed by atoms with E-state index < -0.39 is 0 Å². The van der Waals surface area contributed by atoms with Gasteiger partial charge in [-0.2, -0.15) is 11.8 Å². The zero-order valence-corrected chi connectivity index (χ0v) is 16.5. The molecule has 0 radical (unpaired) electrons. The molecule has 2 rings (SSSR count). The minimum absolute atomic E-state index is 0. The molecule has 0 aromatic heterocycles. The zero-order chi connectivity index (χ0) is 17.0. The molecule has 2 heterocycles. The molecule has 2 aliphatic heterocycles. The molecule has 0 bridgehead atoms. The van der Waals surface area contributed by atoms with Crippen molar-refractivity contribution in [1.29, 1.82) is 0 Å². The number of rotatable bonds is 8. The molecule has 140 valence electrons. The molecule has 2 saturated heterocycles. The molecule has 0 unspecified atom stereocenters. The number of thioether (sulfide) groups is 1. The summed E-state index contributed by atoms with van der Waals surface area (Å²) in [5, 5.41) is 6.44. The van der Waals surface area contributed by atoms with Crippen molar-refractivity contribution in [3.8, 4) is 0 Å². The monoisotopic (exact) mass is 378 g/mol. The Hall–Kier alpha value is -0.660. The smallest absolute Gasteiger partial charge is 0.315 e. The number of nitrogens with one attached hydrogen (secondary N) is 2. The van der Waals surface area contributed by atoms with Crippen LogP contribution >= 0.6 is 24.2 Å². The van der Waals surface area contributed by atoms with Crippen molar-refractivity contribution in [1.82, 2.24) is 15.5 Å². The second kappa shape index (κ2) is 9.15. The lowest BCUT2D eigenvalue weighted by Gasteiger charge is -2.29. The number of nitrogens with two attached hydrogens (primary N) is 1. The summed E-state index contributed by atoms with van der Waals surface area (Å²) in [6.07, 6.45) is 3.57. The Bertz CT molecular complexity index is 450. The quantitative estimate of drug-likeness (QED) is 0.442. The van der Waals surface area contributed by atoms with Gasteiger partial charge in [0.05, 0.1) is 12.1 Å². The maximum absolute atomic E-state index is 12.2. The minimum Gasteiger partial charge on any atom is -0.345 e. The van der Waals surface area contributed by atoms with Gasteiger partial charge in [-0.15, -0.1) is 12.4 Å². The van der Waals surface area contributed by atoms with Crippen LogP contribution in [0.15, 0.2) is 0 Å². The Morgan fingerprint density at radius 2 is 2.08 bits per heavy atom. The van der Waals surface area contributed by atoms with Crippen LogP contribution in [0.3, 0.4) is 0 Å². The molecule has 0 saturated carbocycles. The summed E-state index contributed by atoms with van der Waals surface area (Å²) in [5.74, 6) is 1.18. The number of fused-ring (bicyclic) bond motifs is 1. The van der Waals surface area contributed by atoms with E-state index in [4.69, 9.17) is 5.73 Å². The number of hydrogen-bond acceptors (Lipinski definition) is 4. The Balaban J connectivity index is 0.00000288. The average Bonchev–Trinajstić information content (AvgIpc) is 3.02. The van der Waals surface area contributed by atoms with Gasteiger partial charge in [-0.3, -0.25) is 4.79 Å². The second-order valence-electron chi connectivity index (χ2n) is 7.49. The maximum Gasteiger partial charge on any atom is 0.315 e. The molecule has 0 aliphatic carbocycles. The summed E-state index contributed by atoms with van der Waals surface area (Å²) in [7, 11) is 1.86. The Morgan fingerprint density at radius 1 is 1.38 bits per heavy atom. The van der Waals surface area contributed by atoms with E-state index in [1.807, 2.05) is 18.8 Å². The van der Waals surface area contributed by atoms with Gasteiger partial charge in [-0.05, 0) is 24.8 Å². The van der Waals surface area contributed by atoms with E-state index in [9.17, 15) is 9.59 Å². The van der Waals surface area contributed by atoms with E-state index in [-0.39, 0.29) is 41.8 Å². The third-order valence-corrected chi connectivity index (χ3v) is 6.22. The molecular formula is C16H31ClN4O2S. The van der Waals surface area contributed by atoms with Crippen molar-refractivity contribution in [2.45, 2.75) is 56.9 Å². The molecule has 3 atom stereocenters. The summed E-state index contributed by atoms with van der Waals surface area (Å²) in [6, 6.07) is 0.504. The minimum atomic E-state index is -0.0374. The number of amides is 3. The van der Waals surface area contributed by atoms with Crippen molar-refractivity contribution in [3.63, 3.8) is 0 Å². The summed E-state index contributed by atoms with van der Waals surface area (Å²) in [5.41, 5.74) is 5.69. The fourth-order valence-electron chi connectivity index (χ4n) is 3.25. The number of hydrogen-bond donors (Lipinski definition) is 3. The van der Waals surface area contributed by atoms with Crippen LogP contribution in [0.5, 0.6) is 0 Å². The highest BCUT2D eigenvalue weighted by Gasteiger charge is 2.42. The predicted molar refractivity (Wildman–Crippen MR) is 102 cm³/mol. The van der Waals surface area contributed by atoms with Gasteiger partial charge in [-0.1, -0.05) is 20.3 Å². The van der Waals surface area contributed by atoms with Gasteiger partial charge in [0.25, 0.3) is 0 Å². The molecule has 0 spiro atoms. The summed E-state index contributed by atoms with van der Waals surface area (Å²) in [6.45, 7) is 5.43. The van der Waals surface area contributed by atoms with Crippen molar-refractivity contribution in [2.75, 3.05) is 25.9 Å². The molecule has 2 aliphatic rings. The van der Waals surface area contributed by atoms with Gasteiger partial charge in [-0.25, -0.2) is 4.79 Å². The highest BCUT2D eigenvalue weighted by atomic mass is 35.5. The van der Waals surface area contributed by atoms with E-state index >= 15 is 0 Å². The predicted octanol–water partition coefficient (Wildman–Crippen LogP) is 1.58. The van der Waals surface area contributed by atoms with E-state index in [0.717, 1.165) is 25.0 Å². The molecular weight excluding hydrogens is 348 g/mol. The SMILES string of the molecule is CN(CC(C)(C)CN)C(=O)CCCC[C@@H]1SC[C@@H]2NC(=O)N[C@@H]21.Cl. The number of unbranched alkanes of at least 4 members (excludes halogenated alkanes) is 1. The maximum atomic E-state index is 12.2. The summed E-state index contributed by atoms with van der Waals surface area (Å²) in [4.78, 5) is 25.3. The van der Waals surface area contributed by atoms with Gasteiger partial charge in [0.15, 0.2) is 0 Å². The van der Waals surface area contributed by atoms with Crippen molar-refractivity contribution >= 4 is 36.1 Å². The lowest BCUT2D eigenvalue weighted by atomic mass is 9.93. The standard InChI is InChI=1S/C16H30N4O2S.ClH/c1-16(2,9-17)10-20(3)13(21)7-5-4-6-12-14-11(8-23-12)18-15(22)19-14;/h11-12,14H,4-10,17H2,1-3H3,(H2,18,19,22);1H/t11-,12-,14-;/m0./s1. The van der Waals surface area contributed by atoms with Crippen LogP contribution in [0.2, 0.25) is 0 Å². The number of carbonyl (C=O) groups excluding carboxylic acids is 2. The molecule has 0 aromatic rings. The third kappa shape index (κ3) is 5.70. The van der Waals surface area contributed by atoms with Gasteiger partial charge in [0.1, 0.15) is 0 Å². The third-order valence-electron chi connectivity index (χ3n) is 4.71. The molecule has 4 N–H and O–H groups in total. The topological polar surface area (TPSA) is 87.5 Å². The second-order valence-corrected chi connectivity index (χ2v) is 8.76. The van der Waals surface area contributed by atoms with Crippen molar-refractivity contribution < 1.29 is 9.59 Å². The van der Waals surface area contributed by atoms with Crippen LogP contribution in [0.1, 0.15) is 39.5 Å². The van der Waals surface area contributed by atoms with Crippen molar-refractivity contribution in [3.05, 3.63) is 0 Å². The van der Waals surface area contributed by atoms with Crippen LogP contribution in [-0.2, 0) is 4.79 Å². The molecule has 24 heavy (non-hydrogen) atoms. The molecule has 2 fully saturated rings. The van der Waals surface area contributed by atoms with Crippen LogP contribution in [0, 0.1) is 5.41 Å². The summed E-state index contributed by atoms with van der Waals surface area (Å²) >= 11 is 1.93. The zero-order valence-electron chi connectivity index (χ0n) is 14.8. The first-order valence-electron chi connectivity index (χ1n) is 8.45. The first kappa shape index (κ1) is 21.4. The Kier molecular flexibility index (Phi) is 8.15. The normalized spacial score (nSPS) is 25.5. The van der Waals surface area contributed by atoms with Gasteiger partial charge >= 0.3 is 6.03 Å². The van der Waals surface area contributed by atoms with Crippen LogP contribution in [0.25, 0.3) is 0 Å². The molecule has 6 nitrogen and oxygen atoms in total. The van der Waals surface area contributed by atoms with Crippen LogP contribution in [0.4, 0.5) is 4.79 Å². The number of halogens is 1. The Labute approximate surface area is 155 Å². The molecule has 8 heteroatoms. The summed E-state index contributed by atoms with van der Waals surface area (Å²) < 4.78 is 0. The van der Waals surface area contributed by atoms with E-state index in [2.05, 4.69) is 24.5 Å². The first-order valence-corrected chi connectivity index (χ1v) is 9.50. The van der Waals surface area contributed by atoms with Crippen LogP contribution in [-0.4, -0.2) is 60.1 Å². The highest BCUT2D eigenvalue weighted by Crippen LogP contribution is 2.33. The van der Waals surface area contributed by atoms with Crippen LogP contribution < -0.4 is 16.4 Å². The molecule has 0 aromatic carbocycles. The first-order chi connectivity index (χ1) is 10.8. The molecule has 3 amide bonds. The van der Waals surface area contributed by atoms with E-state index in [0.29, 0.717) is 24.8 Å². The number of urea groups is 1. The lowest BCUT2D eigenvalue weighted by Crippen LogP contribution is -2.39. The number of nitrogens with zero attached hydrogens (tertiary/aromatic N) is 1. The fourth-order valence-corrected chi connectivity index (χ4v) is 4.79. The largest absolute Gasteiger partial charge is 0.345 e.